The summed E-state index contributed by atoms with van der Waals surface area (Å²) in [6, 6.07) is 8.18. The molecule has 0 radical (unpaired) electrons. The lowest BCUT2D eigenvalue weighted by molar-refractivity contribution is -0.247. The summed E-state index contributed by atoms with van der Waals surface area (Å²) in [5, 5.41) is 54.5. The number of rotatable bonds is 9. The second kappa shape index (κ2) is 26.5. The summed E-state index contributed by atoms with van der Waals surface area (Å²) in [6.45, 7) is 29.2. The van der Waals surface area contributed by atoms with Gasteiger partial charge in [0.15, 0.2) is 35.7 Å². The summed E-state index contributed by atoms with van der Waals surface area (Å²) >= 11 is 0. The van der Waals surface area contributed by atoms with E-state index in [4.69, 9.17) is 44.6 Å². The van der Waals surface area contributed by atoms with E-state index in [2.05, 4.69) is 33.9 Å². The molecule has 20 heteroatoms. The average molecular weight is 1230 g/mol. The molecule has 4 aliphatic carbocycles. The van der Waals surface area contributed by atoms with E-state index in [9.17, 15) is 54.3 Å². The molecule has 6 aliphatic rings. The Morgan fingerprint density at radius 2 is 1.08 bits per heavy atom. The van der Waals surface area contributed by atoms with Crippen LogP contribution in [0.5, 0.6) is 28.7 Å². The first-order chi connectivity index (χ1) is 41.5. The standard InChI is InChI=1S/C33H41NO8.C27H29NO10.C6H12.C3H6/c1-15-28(36)19(34)12-22(41-15)42-21-14-33(6,16(2)35)13-18-23(21)27(32(3,4)5)25-26(31(18)40-8)29(37)17-10-9-11-20(39-7)24(17)30(25)38;1-10-22(30)14(28)7-17(37-10)38-16-9-27(35,11(2)29)8-13-19(16)26(34)21-20(24(13)32)23(31)12-5-4-6-15(36-3)18(12)25(21)33;1-5-6(2,3)4;1-3-2/h9-11,15,19,21-22,28,36H,12-14,34H2,1-8H3;4-6,10,14,16-17,22,30,32,34-35H,7-9,28H2,1-3H3;5H,1H2,2-4H3;3H,1H2,2H3/t15?,19?,21-,22?,28?,33+;10?,14?,16-,17?,22?,27-;;/m00../s1. The fourth-order valence-corrected chi connectivity index (χ4v) is 12.5. The van der Waals surface area contributed by atoms with Gasteiger partial charge in [-0.2, -0.15) is 0 Å². The number of hydrogen-bond donors (Lipinski definition) is 7. The van der Waals surface area contributed by atoms with Gasteiger partial charge >= 0.3 is 0 Å². The third-order valence-electron chi connectivity index (χ3n) is 17.6. The van der Waals surface area contributed by atoms with Gasteiger partial charge in [-0.3, -0.25) is 28.8 Å². The van der Waals surface area contributed by atoms with Crippen molar-refractivity contribution >= 4 is 34.7 Å². The number of carbonyl (C=O) groups excluding carboxylic acids is 6. The van der Waals surface area contributed by atoms with E-state index in [0.717, 1.165) is 5.56 Å². The van der Waals surface area contributed by atoms with Gasteiger partial charge in [0.25, 0.3) is 0 Å². The fourth-order valence-electron chi connectivity index (χ4n) is 12.5. The van der Waals surface area contributed by atoms with Gasteiger partial charge in [0, 0.05) is 76.6 Å². The van der Waals surface area contributed by atoms with Crippen molar-refractivity contribution < 1.29 is 87.5 Å². The first kappa shape index (κ1) is 69.5. The molecule has 9 N–H and O–H groups in total. The summed E-state index contributed by atoms with van der Waals surface area (Å²) < 4.78 is 41.2. The molecule has 4 aromatic rings. The van der Waals surface area contributed by atoms with Crippen LogP contribution in [-0.2, 0) is 46.8 Å². The summed E-state index contributed by atoms with van der Waals surface area (Å²) in [4.78, 5) is 81.4. The molecule has 89 heavy (non-hydrogen) atoms. The van der Waals surface area contributed by atoms with Gasteiger partial charge < -0.3 is 70.2 Å². The van der Waals surface area contributed by atoms with Crippen molar-refractivity contribution in [3.63, 3.8) is 0 Å². The number of fused-ring (bicyclic) bond motifs is 6. The Morgan fingerprint density at radius 3 is 1.48 bits per heavy atom. The number of ketones is 6. The van der Waals surface area contributed by atoms with E-state index < -0.39 is 124 Å². The normalized spacial score (nSPS) is 27.5. The highest BCUT2D eigenvalue weighted by Gasteiger charge is 2.52. The van der Waals surface area contributed by atoms with E-state index in [1.807, 2.05) is 40.7 Å². The average Bonchev–Trinajstić information content (AvgIpc) is 0.750. The Labute approximate surface area is 520 Å². The maximum atomic E-state index is 14.5. The number of phenolic OH excluding ortho intramolecular Hbond substituents is 2. The Bertz CT molecular complexity index is 3460. The Morgan fingerprint density at radius 1 is 0.640 bits per heavy atom. The number of aliphatic hydroxyl groups excluding tert-OH is 2. The van der Waals surface area contributed by atoms with Crippen molar-refractivity contribution in [2.45, 2.75) is 194 Å². The first-order valence-electron chi connectivity index (χ1n) is 29.9. The van der Waals surface area contributed by atoms with Crippen LogP contribution in [0.25, 0.3) is 0 Å². The van der Waals surface area contributed by atoms with Crippen molar-refractivity contribution in [3.8, 4) is 28.7 Å². The molecule has 2 heterocycles. The molecule has 0 bridgehead atoms. The lowest BCUT2D eigenvalue weighted by atomic mass is 9.63. The van der Waals surface area contributed by atoms with Crippen LogP contribution in [0.3, 0.4) is 0 Å². The molecule has 2 saturated heterocycles. The van der Waals surface area contributed by atoms with Crippen LogP contribution in [0.15, 0.2) is 61.7 Å². The Hall–Kier alpha value is -6.98. The molecule has 2 fully saturated rings. The SMILES string of the molecule is C=CC.C=CC(C)(C)C.COc1cccc2c1C(=O)c1c(O)c3c(c(O)c1C2=O)C[C@@](O)(C(C)=O)C[C@@H]3OC1CC(N)C(O)C(C)O1.COc1cccc2c1C(=O)c1c(c(OC)c3c(c1C(C)(C)C)[C@@H](OC1CC(N)C(O)C(C)O1)C[C@](C)(C(C)=O)C3)C2=O. The topological polar surface area (TPSA) is 320 Å². The van der Waals surface area contributed by atoms with Crippen LogP contribution >= 0.6 is 0 Å². The number of aliphatic hydroxyl groups is 3. The number of carbonyl (C=O) groups is 6. The summed E-state index contributed by atoms with van der Waals surface area (Å²) in [6.07, 6.45) is -2.77. The minimum atomic E-state index is -2.00. The van der Waals surface area contributed by atoms with Gasteiger partial charge in [-0.1, -0.05) is 84.9 Å². The van der Waals surface area contributed by atoms with Crippen LogP contribution in [-0.4, -0.2) is 136 Å². The molecule has 4 aromatic carbocycles. The Kier molecular flexibility index (Phi) is 20.7. The maximum absolute atomic E-state index is 14.5. The maximum Gasteiger partial charge on any atom is 0.202 e. The molecule has 0 amide bonds. The number of benzene rings is 4. The highest BCUT2D eigenvalue weighted by atomic mass is 16.7. The van der Waals surface area contributed by atoms with E-state index in [1.165, 1.54) is 46.5 Å². The zero-order valence-electron chi connectivity index (χ0n) is 53.7. The molecule has 10 rings (SSSR count). The van der Waals surface area contributed by atoms with Crippen LogP contribution in [0.1, 0.15) is 212 Å². The van der Waals surface area contributed by atoms with Gasteiger partial charge in [0.05, 0.1) is 85.8 Å². The van der Waals surface area contributed by atoms with Crippen molar-refractivity contribution in [2.24, 2.45) is 22.3 Å². The quantitative estimate of drug-likeness (QED) is 0.0526. The van der Waals surface area contributed by atoms with Crippen molar-refractivity contribution in [3.05, 3.63) is 134 Å². The molecular formula is C69H88N2O18. The summed E-state index contributed by atoms with van der Waals surface area (Å²) in [5.41, 5.74) is 11.1. The van der Waals surface area contributed by atoms with Crippen molar-refractivity contribution in [2.75, 3.05) is 21.3 Å². The minimum Gasteiger partial charge on any atom is -0.507 e. The van der Waals surface area contributed by atoms with Gasteiger partial charge in [-0.25, -0.2) is 0 Å². The lowest BCUT2D eigenvalue weighted by Gasteiger charge is -2.45. The van der Waals surface area contributed by atoms with E-state index in [1.54, 1.807) is 45.0 Å². The minimum absolute atomic E-state index is 0.0147. The van der Waals surface area contributed by atoms with Crippen LogP contribution in [0.4, 0.5) is 0 Å². The van der Waals surface area contributed by atoms with Crippen molar-refractivity contribution in [1.29, 1.82) is 0 Å². The molecule has 20 nitrogen and oxygen atoms in total. The zero-order valence-corrected chi connectivity index (χ0v) is 53.7. The van der Waals surface area contributed by atoms with Gasteiger partial charge in [0.2, 0.25) is 5.78 Å². The number of ether oxygens (including phenoxy) is 7. The highest BCUT2D eigenvalue weighted by Crippen LogP contribution is 2.56. The Balaban J connectivity index is 0.000000224. The largest absolute Gasteiger partial charge is 0.507 e. The number of hydrogen-bond acceptors (Lipinski definition) is 20. The number of aromatic hydroxyl groups is 2. The van der Waals surface area contributed by atoms with E-state index in [-0.39, 0.29) is 92.6 Å². The monoisotopic (exact) mass is 1230 g/mol. The first-order valence-corrected chi connectivity index (χ1v) is 29.9. The molecule has 0 spiro atoms. The van der Waals surface area contributed by atoms with E-state index >= 15 is 0 Å². The zero-order chi connectivity index (χ0) is 66.5. The van der Waals surface area contributed by atoms with Gasteiger partial charge in [-0.15, -0.1) is 13.2 Å². The van der Waals surface area contributed by atoms with Gasteiger partial charge in [0.1, 0.15) is 40.1 Å². The fraction of sp³-hybridized carbons (Fsp3) is 0.507. The second-order valence-electron chi connectivity index (χ2n) is 26.2. The molecule has 8 unspecified atom stereocenters. The van der Waals surface area contributed by atoms with Crippen molar-refractivity contribution in [1.82, 2.24) is 0 Å². The predicted octanol–water partition coefficient (Wildman–Crippen LogP) is 8.64. The lowest BCUT2D eigenvalue weighted by Crippen LogP contribution is -2.52. The molecular weight excluding hydrogens is 1140 g/mol. The third kappa shape index (κ3) is 13.2. The third-order valence-corrected chi connectivity index (χ3v) is 17.6. The molecule has 0 aromatic heterocycles. The highest BCUT2D eigenvalue weighted by molar-refractivity contribution is 6.32. The second-order valence-corrected chi connectivity index (χ2v) is 26.2. The molecule has 12 atom stereocenters. The molecule has 482 valence electrons. The van der Waals surface area contributed by atoms with E-state index in [0.29, 0.717) is 35.1 Å². The molecule has 0 saturated carbocycles. The number of Topliss-reactive ketones (excluding diaryl/α,β-unsaturated/α-hetero) is 2. The van der Waals surface area contributed by atoms with Gasteiger partial charge in [-0.05, 0) is 81.5 Å². The molecule has 2 aliphatic heterocycles. The van der Waals surface area contributed by atoms with Crippen LogP contribution < -0.4 is 25.7 Å². The summed E-state index contributed by atoms with van der Waals surface area (Å²) in [7, 11) is 4.29. The predicted molar refractivity (Wildman–Crippen MR) is 331 cm³/mol. The van der Waals surface area contributed by atoms with Crippen LogP contribution in [0, 0.1) is 10.8 Å². The summed E-state index contributed by atoms with van der Waals surface area (Å²) in [5.74, 6) is -3.26. The number of nitrogens with two attached hydrogens (primary N) is 2. The number of allylic oxidation sites excluding steroid dienone is 2. The number of phenols is 2. The van der Waals surface area contributed by atoms with Crippen LogP contribution in [0.2, 0.25) is 0 Å². The smallest absolute Gasteiger partial charge is 0.202 e. The number of methoxy groups -OCH3 is 3.